The van der Waals surface area contributed by atoms with Gasteiger partial charge in [-0.1, -0.05) is 18.2 Å². The van der Waals surface area contributed by atoms with Gasteiger partial charge in [-0.05, 0) is 47.9 Å². The van der Waals surface area contributed by atoms with Crippen molar-refractivity contribution in [1.29, 1.82) is 0 Å². The summed E-state index contributed by atoms with van der Waals surface area (Å²) >= 11 is 0. The van der Waals surface area contributed by atoms with Crippen LogP contribution in [0.25, 0.3) is 10.9 Å². The van der Waals surface area contributed by atoms with Gasteiger partial charge in [-0.25, -0.2) is 9.37 Å². The molecular weight excluding hydrogens is 253 g/mol. The average Bonchev–Trinajstić information content (AvgIpc) is 2.49. The molecule has 2 aromatic carbocycles. The number of nitrogens with zero attached hydrogens (tertiary/aromatic N) is 1. The number of rotatable bonds is 3. The molecule has 0 saturated heterocycles. The molecule has 0 saturated carbocycles. The lowest BCUT2D eigenvalue weighted by Gasteiger charge is -2.05. The van der Waals surface area contributed by atoms with Crippen molar-refractivity contribution in [3.8, 4) is 5.88 Å². The van der Waals surface area contributed by atoms with Crippen molar-refractivity contribution in [3.05, 3.63) is 71.5 Å². The SMILES string of the molecule is COc1ccc2cc(Cc3ccc(F)cc3)ccc2n1. The fraction of sp³-hybridized carbons (Fsp3) is 0.118. The zero-order valence-electron chi connectivity index (χ0n) is 11.1. The maximum Gasteiger partial charge on any atom is 0.213 e. The summed E-state index contributed by atoms with van der Waals surface area (Å²) in [5, 5.41) is 1.07. The molecule has 1 aromatic heterocycles. The standard InChI is InChI=1S/C17H14FNO/c1-20-17-9-5-14-11-13(4-8-16(14)19-17)10-12-2-6-15(18)7-3-12/h2-9,11H,10H2,1H3. The van der Waals surface area contributed by atoms with Crippen LogP contribution < -0.4 is 4.74 Å². The Hall–Kier alpha value is -2.42. The summed E-state index contributed by atoms with van der Waals surface area (Å²) in [5.74, 6) is 0.410. The molecule has 2 nitrogen and oxygen atoms in total. The van der Waals surface area contributed by atoms with E-state index < -0.39 is 0 Å². The lowest BCUT2D eigenvalue weighted by atomic mass is 10.0. The van der Waals surface area contributed by atoms with E-state index in [1.165, 1.54) is 17.7 Å². The molecule has 0 radical (unpaired) electrons. The lowest BCUT2D eigenvalue weighted by molar-refractivity contribution is 0.399. The summed E-state index contributed by atoms with van der Waals surface area (Å²) in [4.78, 5) is 4.38. The molecular formula is C17H14FNO. The van der Waals surface area contributed by atoms with E-state index in [9.17, 15) is 4.39 Å². The smallest absolute Gasteiger partial charge is 0.213 e. The third kappa shape index (κ3) is 2.62. The van der Waals surface area contributed by atoms with E-state index in [-0.39, 0.29) is 5.82 Å². The van der Waals surface area contributed by atoms with Gasteiger partial charge in [-0.2, -0.15) is 0 Å². The second-order valence-corrected chi connectivity index (χ2v) is 4.68. The number of pyridine rings is 1. The quantitative estimate of drug-likeness (QED) is 0.716. The average molecular weight is 267 g/mol. The van der Waals surface area contributed by atoms with Crippen LogP contribution in [-0.4, -0.2) is 12.1 Å². The molecule has 0 aliphatic rings. The first-order chi connectivity index (χ1) is 9.74. The Morgan fingerprint density at radius 3 is 2.45 bits per heavy atom. The van der Waals surface area contributed by atoms with Crippen LogP contribution in [0, 0.1) is 5.82 Å². The van der Waals surface area contributed by atoms with Crippen molar-refractivity contribution in [2.75, 3.05) is 7.11 Å². The van der Waals surface area contributed by atoms with Gasteiger partial charge >= 0.3 is 0 Å². The topological polar surface area (TPSA) is 22.1 Å². The third-order valence-electron chi connectivity index (χ3n) is 3.26. The van der Waals surface area contributed by atoms with Crippen LogP contribution in [0.5, 0.6) is 5.88 Å². The van der Waals surface area contributed by atoms with E-state index in [4.69, 9.17) is 4.74 Å². The Morgan fingerprint density at radius 2 is 1.70 bits per heavy atom. The largest absolute Gasteiger partial charge is 0.481 e. The Labute approximate surface area is 116 Å². The molecule has 100 valence electrons. The van der Waals surface area contributed by atoms with Crippen LogP contribution >= 0.6 is 0 Å². The lowest BCUT2D eigenvalue weighted by Crippen LogP contribution is -1.91. The van der Waals surface area contributed by atoms with Crippen LogP contribution in [-0.2, 0) is 6.42 Å². The molecule has 0 bridgehead atoms. The summed E-state index contributed by atoms with van der Waals surface area (Å²) in [6.07, 6.45) is 0.780. The number of halogens is 1. The second kappa shape index (κ2) is 5.29. The number of methoxy groups -OCH3 is 1. The number of hydrogen-bond donors (Lipinski definition) is 0. The Balaban J connectivity index is 1.90. The van der Waals surface area contributed by atoms with Gasteiger partial charge in [0, 0.05) is 11.5 Å². The van der Waals surface area contributed by atoms with Crippen molar-refractivity contribution >= 4 is 10.9 Å². The van der Waals surface area contributed by atoms with Crippen LogP contribution in [0.3, 0.4) is 0 Å². The molecule has 0 amide bonds. The van der Waals surface area contributed by atoms with Crippen molar-refractivity contribution in [2.24, 2.45) is 0 Å². The third-order valence-corrected chi connectivity index (χ3v) is 3.26. The van der Waals surface area contributed by atoms with E-state index >= 15 is 0 Å². The number of aromatic nitrogens is 1. The highest BCUT2D eigenvalue weighted by molar-refractivity contribution is 5.79. The zero-order chi connectivity index (χ0) is 13.9. The highest BCUT2D eigenvalue weighted by atomic mass is 19.1. The van der Waals surface area contributed by atoms with E-state index in [1.54, 1.807) is 7.11 Å². The van der Waals surface area contributed by atoms with Gasteiger partial charge in [-0.3, -0.25) is 0 Å². The molecule has 0 unspecified atom stereocenters. The minimum Gasteiger partial charge on any atom is -0.481 e. The van der Waals surface area contributed by atoms with Gasteiger partial charge in [0.05, 0.1) is 12.6 Å². The summed E-state index contributed by atoms with van der Waals surface area (Å²) in [6.45, 7) is 0. The zero-order valence-corrected chi connectivity index (χ0v) is 11.1. The van der Waals surface area contributed by atoms with Crippen molar-refractivity contribution in [2.45, 2.75) is 6.42 Å². The highest BCUT2D eigenvalue weighted by Crippen LogP contribution is 2.19. The fourth-order valence-electron chi connectivity index (χ4n) is 2.22. The molecule has 3 rings (SSSR count). The second-order valence-electron chi connectivity index (χ2n) is 4.68. The Kier molecular flexibility index (Phi) is 3.33. The number of ether oxygens (including phenoxy) is 1. The predicted octanol–water partition coefficient (Wildman–Crippen LogP) is 3.97. The predicted molar refractivity (Wildman–Crippen MR) is 77.5 cm³/mol. The first-order valence-corrected chi connectivity index (χ1v) is 6.43. The van der Waals surface area contributed by atoms with E-state index in [1.807, 2.05) is 36.4 Å². The summed E-state index contributed by atoms with van der Waals surface area (Å²) in [7, 11) is 1.61. The minimum absolute atomic E-state index is 0.205. The molecule has 3 heteroatoms. The van der Waals surface area contributed by atoms with Crippen LogP contribution in [0.2, 0.25) is 0 Å². The molecule has 0 N–H and O–H groups in total. The molecule has 0 aliphatic carbocycles. The van der Waals surface area contributed by atoms with E-state index in [0.29, 0.717) is 5.88 Å². The Morgan fingerprint density at radius 1 is 0.950 bits per heavy atom. The van der Waals surface area contributed by atoms with Gasteiger partial charge in [0.15, 0.2) is 0 Å². The molecule has 0 fully saturated rings. The molecule has 3 aromatic rings. The van der Waals surface area contributed by atoms with Gasteiger partial charge in [0.25, 0.3) is 0 Å². The van der Waals surface area contributed by atoms with Gasteiger partial charge in [-0.15, -0.1) is 0 Å². The van der Waals surface area contributed by atoms with Crippen LogP contribution in [0.15, 0.2) is 54.6 Å². The monoisotopic (exact) mass is 267 g/mol. The fourth-order valence-corrected chi connectivity index (χ4v) is 2.22. The maximum atomic E-state index is 12.9. The molecule has 0 atom stereocenters. The number of fused-ring (bicyclic) bond motifs is 1. The van der Waals surface area contributed by atoms with Crippen LogP contribution in [0.1, 0.15) is 11.1 Å². The van der Waals surface area contributed by atoms with Gasteiger partial charge in [0.1, 0.15) is 5.82 Å². The molecule has 0 aliphatic heterocycles. The van der Waals surface area contributed by atoms with E-state index in [0.717, 1.165) is 22.9 Å². The van der Waals surface area contributed by atoms with Crippen LogP contribution in [0.4, 0.5) is 4.39 Å². The number of hydrogen-bond acceptors (Lipinski definition) is 2. The molecule has 0 spiro atoms. The van der Waals surface area contributed by atoms with Crippen molar-refractivity contribution in [1.82, 2.24) is 4.98 Å². The maximum absolute atomic E-state index is 12.9. The van der Waals surface area contributed by atoms with Gasteiger partial charge < -0.3 is 4.74 Å². The first-order valence-electron chi connectivity index (χ1n) is 6.43. The molecule has 1 heterocycles. The highest BCUT2D eigenvalue weighted by Gasteiger charge is 2.02. The summed E-state index contributed by atoms with van der Waals surface area (Å²) in [5.41, 5.74) is 3.18. The van der Waals surface area contributed by atoms with E-state index in [2.05, 4.69) is 11.1 Å². The summed E-state index contributed by atoms with van der Waals surface area (Å²) in [6, 6.07) is 16.6. The normalized spacial score (nSPS) is 10.7. The minimum atomic E-state index is -0.205. The molecule has 20 heavy (non-hydrogen) atoms. The van der Waals surface area contributed by atoms with Gasteiger partial charge in [0.2, 0.25) is 5.88 Å². The first kappa shape index (κ1) is 12.6. The van der Waals surface area contributed by atoms with Crippen molar-refractivity contribution in [3.63, 3.8) is 0 Å². The van der Waals surface area contributed by atoms with Crippen molar-refractivity contribution < 1.29 is 9.13 Å². The summed E-state index contributed by atoms with van der Waals surface area (Å²) < 4.78 is 18.0. The number of benzene rings is 2. The Bertz CT molecular complexity index is 738.